The molecule has 0 saturated heterocycles. The summed E-state index contributed by atoms with van der Waals surface area (Å²) in [6, 6.07) is 11.2. The normalized spacial score (nSPS) is 11.9. The van der Waals surface area contributed by atoms with Crippen molar-refractivity contribution in [3.8, 4) is 0 Å². The molecule has 0 aliphatic heterocycles. The van der Waals surface area contributed by atoms with Crippen LogP contribution in [0.15, 0.2) is 48.5 Å². The zero-order chi connectivity index (χ0) is 20.2. The van der Waals surface area contributed by atoms with Crippen LogP contribution in [0.5, 0.6) is 0 Å². The van der Waals surface area contributed by atoms with Gasteiger partial charge in [-0.3, -0.25) is 9.52 Å². The zero-order valence-electron chi connectivity index (χ0n) is 14.7. The van der Waals surface area contributed by atoms with Crippen molar-refractivity contribution in [3.05, 3.63) is 65.2 Å². The maximum atomic E-state index is 12.8. The summed E-state index contributed by atoms with van der Waals surface area (Å²) in [5, 5.41) is 0. The minimum atomic E-state index is -4.45. The number of carbonyl (C=O) groups excluding carboxylic acids is 1. The molecule has 0 spiro atoms. The second-order valence-corrected chi connectivity index (χ2v) is 7.90. The van der Waals surface area contributed by atoms with Gasteiger partial charge in [0.2, 0.25) is 15.9 Å². The quantitative estimate of drug-likeness (QED) is 0.809. The van der Waals surface area contributed by atoms with Gasteiger partial charge in [0.15, 0.2) is 0 Å². The Bertz CT molecular complexity index is 927. The summed E-state index contributed by atoms with van der Waals surface area (Å²) in [5.41, 5.74) is 0.344. The number of nitrogens with zero attached hydrogens (tertiary/aromatic N) is 1. The lowest BCUT2D eigenvalue weighted by Crippen LogP contribution is -2.28. The average molecular weight is 400 g/mol. The van der Waals surface area contributed by atoms with Crippen LogP contribution in [0, 0.1) is 0 Å². The molecule has 146 valence electrons. The first-order valence-electron chi connectivity index (χ1n) is 7.91. The summed E-state index contributed by atoms with van der Waals surface area (Å²) in [5.74, 6) is -0.352. The van der Waals surface area contributed by atoms with Crippen molar-refractivity contribution in [1.29, 1.82) is 0 Å². The summed E-state index contributed by atoms with van der Waals surface area (Å²) >= 11 is 0. The molecule has 0 atom stereocenters. The molecule has 0 saturated carbocycles. The van der Waals surface area contributed by atoms with Gasteiger partial charge in [-0.15, -0.1) is 0 Å². The van der Waals surface area contributed by atoms with E-state index in [2.05, 4.69) is 4.72 Å². The third kappa shape index (κ3) is 6.28. The van der Waals surface area contributed by atoms with Crippen molar-refractivity contribution in [2.45, 2.75) is 19.1 Å². The van der Waals surface area contributed by atoms with Gasteiger partial charge in [-0.2, -0.15) is 13.2 Å². The Morgan fingerprint density at radius 1 is 1.11 bits per heavy atom. The van der Waals surface area contributed by atoms with Gasteiger partial charge < -0.3 is 4.90 Å². The molecule has 0 aliphatic carbocycles. The first-order chi connectivity index (χ1) is 12.5. The number of hydrogen-bond acceptors (Lipinski definition) is 3. The van der Waals surface area contributed by atoms with E-state index in [9.17, 15) is 26.4 Å². The highest BCUT2D eigenvalue weighted by atomic mass is 32.2. The van der Waals surface area contributed by atoms with Crippen LogP contribution in [0.3, 0.4) is 0 Å². The molecule has 1 N–H and O–H groups in total. The first-order valence-corrected chi connectivity index (χ1v) is 9.80. The second kappa shape index (κ2) is 7.99. The Hall–Kier alpha value is -2.55. The van der Waals surface area contributed by atoms with Crippen LogP contribution in [-0.2, 0) is 34.0 Å². The molecule has 5 nitrogen and oxygen atoms in total. The lowest BCUT2D eigenvalue weighted by atomic mass is 10.1. The van der Waals surface area contributed by atoms with Gasteiger partial charge >= 0.3 is 6.18 Å². The predicted octanol–water partition coefficient (Wildman–Crippen LogP) is 3.28. The Labute approximate surface area is 155 Å². The lowest BCUT2D eigenvalue weighted by molar-refractivity contribution is -0.137. The summed E-state index contributed by atoms with van der Waals surface area (Å²) in [4.78, 5) is 13.7. The molecule has 0 unspecified atom stereocenters. The predicted molar refractivity (Wildman–Crippen MR) is 96.5 cm³/mol. The van der Waals surface area contributed by atoms with Gasteiger partial charge in [0.1, 0.15) is 0 Å². The van der Waals surface area contributed by atoms with Crippen molar-refractivity contribution < 1.29 is 26.4 Å². The van der Waals surface area contributed by atoms with E-state index in [0.29, 0.717) is 16.8 Å². The maximum absolute atomic E-state index is 12.8. The number of carbonyl (C=O) groups is 1. The average Bonchev–Trinajstić information content (AvgIpc) is 2.54. The van der Waals surface area contributed by atoms with E-state index in [1.807, 2.05) is 0 Å². The molecule has 0 aromatic heterocycles. The molecule has 0 fully saturated rings. The van der Waals surface area contributed by atoms with Gasteiger partial charge in [0.05, 0.1) is 23.9 Å². The number of rotatable bonds is 6. The van der Waals surface area contributed by atoms with Gasteiger partial charge in [0.25, 0.3) is 0 Å². The number of benzene rings is 2. The summed E-state index contributed by atoms with van der Waals surface area (Å²) in [7, 11) is -2.02. The third-order valence-electron chi connectivity index (χ3n) is 3.75. The topological polar surface area (TPSA) is 66.5 Å². The summed E-state index contributed by atoms with van der Waals surface area (Å²) in [6.07, 6.45) is -3.53. The maximum Gasteiger partial charge on any atom is 0.416 e. The van der Waals surface area contributed by atoms with E-state index in [1.54, 1.807) is 18.2 Å². The van der Waals surface area contributed by atoms with Crippen LogP contribution in [-0.4, -0.2) is 32.5 Å². The monoisotopic (exact) mass is 400 g/mol. The fourth-order valence-corrected chi connectivity index (χ4v) is 3.08. The molecule has 2 rings (SSSR count). The molecule has 1 amide bonds. The van der Waals surface area contributed by atoms with Gasteiger partial charge in [-0.05, 0) is 29.3 Å². The van der Waals surface area contributed by atoms with Crippen LogP contribution in [0.2, 0.25) is 0 Å². The molecule has 27 heavy (non-hydrogen) atoms. The van der Waals surface area contributed by atoms with E-state index >= 15 is 0 Å². The van der Waals surface area contributed by atoms with E-state index < -0.39 is 21.8 Å². The van der Waals surface area contributed by atoms with Crippen LogP contribution in [0.4, 0.5) is 18.9 Å². The Balaban J connectivity index is 2.11. The van der Waals surface area contributed by atoms with Crippen LogP contribution >= 0.6 is 0 Å². The fraction of sp³-hybridized carbons (Fsp3) is 0.278. The van der Waals surface area contributed by atoms with E-state index in [-0.39, 0.29) is 18.9 Å². The van der Waals surface area contributed by atoms with Crippen molar-refractivity contribution in [2.24, 2.45) is 0 Å². The van der Waals surface area contributed by atoms with Crippen LogP contribution in [0.1, 0.15) is 16.7 Å². The summed E-state index contributed by atoms with van der Waals surface area (Å²) < 4.78 is 63.6. The SMILES string of the molecule is CN(Cc1cccc(C(F)(F)F)c1)C(=O)Cc1ccccc1NS(C)(=O)=O. The highest BCUT2D eigenvalue weighted by Crippen LogP contribution is 2.29. The largest absolute Gasteiger partial charge is 0.416 e. The standard InChI is InChI=1S/C18H19F3N2O3S/c1-23(12-13-6-5-8-15(10-13)18(19,20)21)17(24)11-14-7-3-4-9-16(14)22-27(2,25)26/h3-10,22H,11-12H2,1-2H3. The number of amides is 1. The molecule has 0 heterocycles. The number of anilines is 1. The molecule has 0 bridgehead atoms. The molecule has 2 aromatic rings. The number of hydrogen-bond donors (Lipinski definition) is 1. The second-order valence-electron chi connectivity index (χ2n) is 6.16. The van der Waals surface area contributed by atoms with Crippen molar-refractivity contribution in [2.75, 3.05) is 18.0 Å². The van der Waals surface area contributed by atoms with E-state index in [0.717, 1.165) is 18.4 Å². The van der Waals surface area contributed by atoms with Crippen molar-refractivity contribution >= 4 is 21.6 Å². The summed E-state index contributed by atoms with van der Waals surface area (Å²) in [6.45, 7) is 0.00439. The van der Waals surface area contributed by atoms with E-state index in [1.165, 1.54) is 30.1 Å². The highest BCUT2D eigenvalue weighted by Gasteiger charge is 2.30. The molecular formula is C18H19F3N2O3S. The number of nitrogens with one attached hydrogen (secondary N) is 1. The number of para-hydroxylation sites is 1. The van der Waals surface area contributed by atoms with Crippen LogP contribution in [0.25, 0.3) is 0 Å². The minimum absolute atomic E-state index is 0.00439. The number of sulfonamides is 1. The highest BCUT2D eigenvalue weighted by molar-refractivity contribution is 7.92. The molecule has 9 heteroatoms. The molecule has 2 aromatic carbocycles. The smallest absolute Gasteiger partial charge is 0.341 e. The van der Waals surface area contributed by atoms with Gasteiger partial charge in [0, 0.05) is 13.6 Å². The Kier molecular flexibility index (Phi) is 6.15. The molecular weight excluding hydrogens is 381 g/mol. The minimum Gasteiger partial charge on any atom is -0.341 e. The van der Waals surface area contributed by atoms with Gasteiger partial charge in [-0.25, -0.2) is 8.42 Å². The van der Waals surface area contributed by atoms with Gasteiger partial charge in [-0.1, -0.05) is 30.3 Å². The zero-order valence-corrected chi connectivity index (χ0v) is 15.6. The first kappa shape index (κ1) is 20.8. The lowest BCUT2D eigenvalue weighted by Gasteiger charge is -2.19. The van der Waals surface area contributed by atoms with Crippen molar-refractivity contribution in [1.82, 2.24) is 4.90 Å². The van der Waals surface area contributed by atoms with Crippen LogP contribution < -0.4 is 4.72 Å². The van der Waals surface area contributed by atoms with Crippen molar-refractivity contribution in [3.63, 3.8) is 0 Å². The number of halogens is 3. The molecule has 0 radical (unpaired) electrons. The van der Waals surface area contributed by atoms with E-state index in [4.69, 9.17) is 0 Å². The third-order valence-corrected chi connectivity index (χ3v) is 4.34. The molecule has 0 aliphatic rings. The Morgan fingerprint density at radius 2 is 1.78 bits per heavy atom. The number of alkyl halides is 3. The fourth-order valence-electron chi connectivity index (χ4n) is 2.48. The Morgan fingerprint density at radius 3 is 2.41 bits per heavy atom. The number of likely N-dealkylation sites (N-methyl/N-ethyl adjacent to an activating group) is 1.